The van der Waals surface area contributed by atoms with E-state index in [1.54, 1.807) is 0 Å². The van der Waals surface area contributed by atoms with Gasteiger partial charge in [-0.3, -0.25) is 0 Å². The fraction of sp³-hybridized carbons (Fsp3) is 0.520. The first-order chi connectivity index (χ1) is 12.8. The smallest absolute Gasteiger partial charge is 0.123 e. The van der Waals surface area contributed by atoms with Gasteiger partial charge in [-0.05, 0) is 52.1 Å². The van der Waals surface area contributed by atoms with Crippen LogP contribution in [0.1, 0.15) is 58.2 Å². The zero-order valence-corrected chi connectivity index (χ0v) is 20.3. The topological polar surface area (TPSA) is 32.3 Å². The number of phenolic OH excluding ortho intramolecular Hbond substituents is 1. The number of phenols is 1. The summed E-state index contributed by atoms with van der Waals surface area (Å²) in [5, 5.41) is 15.6. The number of aromatic hydroxyl groups is 1. The van der Waals surface area contributed by atoms with Crippen molar-refractivity contribution in [2.75, 3.05) is 12.4 Å². The third-order valence-electron chi connectivity index (χ3n) is 5.78. The van der Waals surface area contributed by atoms with Gasteiger partial charge in [0.15, 0.2) is 0 Å². The molecule has 0 amide bonds. The minimum atomic E-state index is -1.53. The highest BCUT2D eigenvalue weighted by atomic mass is 28.3. The van der Waals surface area contributed by atoms with E-state index < -0.39 is 8.07 Å². The maximum Gasteiger partial charge on any atom is 0.123 e. The second-order valence-electron chi connectivity index (χ2n) is 10.8. The van der Waals surface area contributed by atoms with Crippen LogP contribution in [0.4, 0.5) is 5.69 Å². The second kappa shape index (κ2) is 7.94. The molecule has 28 heavy (non-hydrogen) atoms. The van der Waals surface area contributed by atoms with E-state index in [2.05, 4.69) is 96.4 Å². The van der Waals surface area contributed by atoms with E-state index in [1.165, 1.54) is 16.8 Å². The summed E-state index contributed by atoms with van der Waals surface area (Å²) in [5.41, 5.74) is 4.49. The summed E-state index contributed by atoms with van der Waals surface area (Å²) < 4.78 is 0. The molecule has 0 atom stereocenters. The molecule has 0 aliphatic heterocycles. The van der Waals surface area contributed by atoms with Gasteiger partial charge in [-0.15, -0.1) is 0 Å². The third kappa shape index (κ3) is 5.19. The van der Waals surface area contributed by atoms with Crippen LogP contribution >= 0.6 is 0 Å². The van der Waals surface area contributed by atoms with Crippen molar-refractivity contribution in [1.29, 1.82) is 0 Å². The molecule has 0 aliphatic carbocycles. The highest BCUT2D eigenvalue weighted by Crippen LogP contribution is 2.40. The molecule has 0 bridgehead atoms. The molecule has 0 aromatic heterocycles. The van der Waals surface area contributed by atoms with E-state index in [1.807, 2.05) is 7.05 Å². The Kier molecular flexibility index (Phi) is 6.39. The van der Waals surface area contributed by atoms with E-state index >= 15 is 0 Å². The number of hydrogen-bond donors (Lipinski definition) is 2. The summed E-state index contributed by atoms with van der Waals surface area (Å²) in [6.45, 7) is 18.0. The lowest BCUT2D eigenvalue weighted by Gasteiger charge is -2.29. The summed E-state index contributed by atoms with van der Waals surface area (Å²) in [6.07, 6.45) is 1.06. The van der Waals surface area contributed by atoms with Crippen LogP contribution in [0.2, 0.25) is 19.1 Å². The van der Waals surface area contributed by atoms with Crippen LogP contribution in [0.25, 0.3) is 0 Å². The van der Waals surface area contributed by atoms with Crippen molar-refractivity contribution in [1.82, 2.24) is 0 Å². The molecule has 2 aromatic carbocycles. The van der Waals surface area contributed by atoms with Crippen LogP contribution in [0.3, 0.4) is 0 Å². The molecule has 0 aliphatic rings. The highest BCUT2D eigenvalue weighted by molar-refractivity contribution is 6.89. The van der Waals surface area contributed by atoms with Crippen LogP contribution in [0.15, 0.2) is 36.4 Å². The van der Waals surface area contributed by atoms with Crippen LogP contribution in [0, 0.1) is 0 Å². The SMILES string of the molecule is CNc1ccc([Si](C)(C)CCc2cc(C(C)(C)C)c(O)c(C(C)(C)C)c2)cc1. The van der Waals surface area contributed by atoms with Crippen LogP contribution in [-0.2, 0) is 17.3 Å². The van der Waals surface area contributed by atoms with E-state index in [4.69, 9.17) is 0 Å². The summed E-state index contributed by atoms with van der Waals surface area (Å²) >= 11 is 0. The first-order valence-electron chi connectivity index (χ1n) is 10.4. The third-order valence-corrected chi connectivity index (χ3v) is 9.18. The van der Waals surface area contributed by atoms with E-state index in [-0.39, 0.29) is 10.8 Å². The minimum Gasteiger partial charge on any atom is -0.507 e. The molecule has 0 radical (unpaired) electrons. The molecule has 0 saturated heterocycles. The lowest BCUT2D eigenvalue weighted by atomic mass is 9.78. The first kappa shape index (κ1) is 22.5. The fourth-order valence-corrected chi connectivity index (χ4v) is 5.94. The largest absolute Gasteiger partial charge is 0.507 e. The Balaban J connectivity index is 2.34. The monoisotopic (exact) mass is 397 g/mol. The Hall–Kier alpha value is -1.74. The number of nitrogens with one attached hydrogen (secondary N) is 1. The van der Waals surface area contributed by atoms with Crippen molar-refractivity contribution < 1.29 is 5.11 Å². The van der Waals surface area contributed by atoms with Gasteiger partial charge in [-0.2, -0.15) is 0 Å². The van der Waals surface area contributed by atoms with Gasteiger partial charge in [0.25, 0.3) is 0 Å². The van der Waals surface area contributed by atoms with Crippen molar-refractivity contribution in [2.24, 2.45) is 0 Å². The zero-order chi connectivity index (χ0) is 21.3. The predicted molar refractivity (Wildman–Crippen MR) is 127 cm³/mol. The van der Waals surface area contributed by atoms with Gasteiger partial charge in [0.2, 0.25) is 0 Å². The van der Waals surface area contributed by atoms with Crippen molar-refractivity contribution >= 4 is 18.9 Å². The summed E-state index contributed by atoms with van der Waals surface area (Å²) in [5.74, 6) is 0.475. The number of rotatable bonds is 5. The highest BCUT2D eigenvalue weighted by Gasteiger charge is 2.28. The average molecular weight is 398 g/mol. The Morgan fingerprint density at radius 3 is 1.71 bits per heavy atom. The number of hydrogen-bond acceptors (Lipinski definition) is 2. The van der Waals surface area contributed by atoms with Gasteiger partial charge in [-0.25, -0.2) is 0 Å². The lowest BCUT2D eigenvalue weighted by molar-refractivity contribution is 0.422. The molecule has 0 spiro atoms. The van der Waals surface area contributed by atoms with Gasteiger partial charge in [-0.1, -0.05) is 84.1 Å². The molecule has 3 heteroatoms. The van der Waals surface area contributed by atoms with E-state index in [0.29, 0.717) is 5.75 Å². The summed E-state index contributed by atoms with van der Waals surface area (Å²) in [7, 11) is 0.432. The van der Waals surface area contributed by atoms with Crippen LogP contribution in [0.5, 0.6) is 5.75 Å². The molecule has 2 rings (SSSR count). The fourth-order valence-electron chi connectivity index (χ4n) is 3.67. The lowest BCUT2D eigenvalue weighted by Crippen LogP contribution is -2.41. The molecular formula is C25H39NOSi. The molecular weight excluding hydrogens is 358 g/mol. The van der Waals surface area contributed by atoms with Gasteiger partial charge in [0.05, 0.1) is 8.07 Å². The average Bonchev–Trinajstić information content (AvgIpc) is 2.59. The maximum atomic E-state index is 10.9. The number of anilines is 1. The van der Waals surface area contributed by atoms with Crippen molar-refractivity contribution in [3.05, 3.63) is 53.1 Å². The predicted octanol–water partition coefficient (Wildman–Crippen LogP) is 6.19. The van der Waals surface area contributed by atoms with Crippen LogP contribution in [-0.4, -0.2) is 20.2 Å². The van der Waals surface area contributed by atoms with Gasteiger partial charge in [0, 0.05) is 12.7 Å². The van der Waals surface area contributed by atoms with Crippen molar-refractivity contribution in [3.63, 3.8) is 0 Å². The van der Waals surface area contributed by atoms with Crippen LogP contribution < -0.4 is 10.5 Å². The van der Waals surface area contributed by atoms with Gasteiger partial charge < -0.3 is 10.4 Å². The molecule has 154 valence electrons. The van der Waals surface area contributed by atoms with E-state index in [9.17, 15) is 5.11 Å². The maximum absolute atomic E-state index is 10.9. The molecule has 0 saturated carbocycles. The molecule has 0 heterocycles. The van der Waals surface area contributed by atoms with Crippen molar-refractivity contribution in [2.45, 2.75) is 77.9 Å². The first-order valence-corrected chi connectivity index (χ1v) is 13.6. The molecule has 0 fully saturated rings. The second-order valence-corrected chi connectivity index (χ2v) is 15.6. The van der Waals surface area contributed by atoms with Gasteiger partial charge >= 0.3 is 0 Å². The minimum absolute atomic E-state index is 0.0734. The molecule has 2 aromatic rings. The number of aryl methyl sites for hydroxylation is 1. The standard InChI is InChI=1S/C25H39NOSi/c1-24(2,3)21-16-18(17-22(23(21)27)25(4,5)6)14-15-28(8,9)20-12-10-19(26-7)11-13-20/h10-13,16-17,26-27H,14-15H2,1-9H3. The Labute approximate surface area is 173 Å². The Bertz CT molecular complexity index is 773. The normalized spacial score (nSPS) is 12.9. The van der Waals surface area contributed by atoms with Crippen molar-refractivity contribution in [3.8, 4) is 5.75 Å². The van der Waals surface area contributed by atoms with Gasteiger partial charge in [0.1, 0.15) is 5.75 Å². The molecule has 0 unspecified atom stereocenters. The summed E-state index contributed by atoms with van der Waals surface area (Å²) in [6, 6.07) is 14.6. The molecule has 2 nitrogen and oxygen atoms in total. The zero-order valence-electron chi connectivity index (χ0n) is 19.3. The molecule has 2 N–H and O–H groups in total. The Morgan fingerprint density at radius 2 is 1.32 bits per heavy atom. The quantitative estimate of drug-likeness (QED) is 0.590. The summed E-state index contributed by atoms with van der Waals surface area (Å²) in [4.78, 5) is 0. The van der Waals surface area contributed by atoms with E-state index in [0.717, 1.165) is 23.2 Å². The number of benzene rings is 2. The Morgan fingerprint density at radius 1 is 0.857 bits per heavy atom.